The first kappa shape index (κ1) is 15.5. The third kappa shape index (κ3) is 2.93. The normalized spacial score (nSPS) is 12.8. The predicted molar refractivity (Wildman–Crippen MR) is 82.6 cm³/mol. The summed E-state index contributed by atoms with van der Waals surface area (Å²) in [6, 6.07) is 8.85. The molecule has 120 valence electrons. The summed E-state index contributed by atoms with van der Waals surface area (Å²) in [5.74, 6) is 0. The summed E-state index contributed by atoms with van der Waals surface area (Å²) in [6.45, 7) is 6.31. The van der Waals surface area contributed by atoms with Gasteiger partial charge in [0.05, 0.1) is 5.56 Å². The van der Waals surface area contributed by atoms with Crippen molar-refractivity contribution in [3.05, 3.63) is 54.0 Å². The van der Waals surface area contributed by atoms with Crippen molar-refractivity contribution in [2.75, 3.05) is 0 Å². The molecule has 2 aromatic heterocycles. The van der Waals surface area contributed by atoms with E-state index in [2.05, 4.69) is 30.7 Å². The number of benzene rings is 1. The van der Waals surface area contributed by atoms with Gasteiger partial charge >= 0.3 is 6.18 Å². The van der Waals surface area contributed by atoms with Crippen molar-refractivity contribution in [3.8, 4) is 5.69 Å². The van der Waals surface area contributed by atoms with Crippen LogP contribution < -0.4 is 0 Å². The number of fused-ring (bicyclic) bond motifs is 1. The zero-order valence-corrected chi connectivity index (χ0v) is 13.0. The van der Waals surface area contributed by atoms with E-state index in [-0.39, 0.29) is 10.9 Å². The molecular weight excluding hydrogens is 303 g/mol. The van der Waals surface area contributed by atoms with E-state index in [0.717, 1.165) is 23.5 Å². The minimum atomic E-state index is -4.42. The van der Waals surface area contributed by atoms with Gasteiger partial charge in [-0.25, -0.2) is 9.97 Å². The minimum absolute atomic E-state index is 0.0245. The number of halogens is 3. The first-order valence-corrected chi connectivity index (χ1v) is 7.17. The van der Waals surface area contributed by atoms with Crippen LogP contribution in [0.2, 0.25) is 0 Å². The maximum Gasteiger partial charge on any atom is 0.417 e. The summed E-state index contributed by atoms with van der Waals surface area (Å²) in [4.78, 5) is 8.02. The van der Waals surface area contributed by atoms with E-state index >= 15 is 0 Å². The third-order valence-electron chi connectivity index (χ3n) is 3.71. The molecule has 0 amide bonds. The zero-order chi connectivity index (χ0) is 16.8. The van der Waals surface area contributed by atoms with Gasteiger partial charge in [-0.3, -0.25) is 4.57 Å². The van der Waals surface area contributed by atoms with Crippen molar-refractivity contribution in [3.63, 3.8) is 0 Å². The lowest BCUT2D eigenvalue weighted by Gasteiger charge is -2.20. The standard InChI is InChI=1S/C17H16F3N3/c1-16(2,3)11-5-4-6-13(7-11)23-10-22-14-8-12(17(18,19)20)9-21-15(14)23/h4-10H,1-3H3. The summed E-state index contributed by atoms with van der Waals surface area (Å²) in [5, 5.41) is 0. The highest BCUT2D eigenvalue weighted by molar-refractivity contribution is 5.73. The fraction of sp³-hybridized carbons (Fsp3) is 0.294. The Balaban J connectivity index is 2.11. The molecule has 0 bridgehead atoms. The maximum absolute atomic E-state index is 12.8. The molecule has 3 nitrogen and oxygen atoms in total. The molecule has 0 saturated heterocycles. The second-order valence-corrected chi connectivity index (χ2v) is 6.48. The Morgan fingerprint density at radius 3 is 2.35 bits per heavy atom. The lowest BCUT2D eigenvalue weighted by atomic mass is 9.87. The molecule has 0 aliphatic heterocycles. The monoisotopic (exact) mass is 319 g/mol. The van der Waals surface area contributed by atoms with Gasteiger partial charge < -0.3 is 0 Å². The van der Waals surface area contributed by atoms with E-state index in [1.54, 1.807) is 4.57 Å². The number of rotatable bonds is 1. The Kier molecular flexibility index (Phi) is 3.43. The number of alkyl halides is 3. The number of pyridine rings is 1. The SMILES string of the molecule is CC(C)(C)c1cccc(-n2cnc3cc(C(F)(F)F)cnc32)c1. The van der Waals surface area contributed by atoms with Gasteiger partial charge in [-0.05, 0) is 29.2 Å². The lowest BCUT2D eigenvalue weighted by Crippen LogP contribution is -2.11. The van der Waals surface area contributed by atoms with Crippen LogP contribution in [0.4, 0.5) is 13.2 Å². The molecule has 1 aromatic carbocycles. The molecule has 0 saturated carbocycles. The van der Waals surface area contributed by atoms with Crippen LogP contribution in [-0.4, -0.2) is 14.5 Å². The van der Waals surface area contributed by atoms with Crippen LogP contribution in [0.5, 0.6) is 0 Å². The van der Waals surface area contributed by atoms with Crippen LogP contribution in [0.1, 0.15) is 31.9 Å². The highest BCUT2D eigenvalue weighted by Gasteiger charge is 2.31. The van der Waals surface area contributed by atoms with E-state index in [1.165, 1.54) is 6.33 Å². The second kappa shape index (κ2) is 5.08. The van der Waals surface area contributed by atoms with E-state index < -0.39 is 11.7 Å². The van der Waals surface area contributed by atoms with Crippen LogP contribution in [-0.2, 0) is 11.6 Å². The molecule has 2 heterocycles. The van der Waals surface area contributed by atoms with Crippen LogP contribution in [0, 0.1) is 0 Å². The van der Waals surface area contributed by atoms with Crippen molar-refractivity contribution >= 4 is 11.2 Å². The molecule has 0 N–H and O–H groups in total. The van der Waals surface area contributed by atoms with Crippen molar-refractivity contribution in [2.45, 2.75) is 32.4 Å². The van der Waals surface area contributed by atoms with Crippen LogP contribution in [0.25, 0.3) is 16.9 Å². The Labute approximate surface area is 131 Å². The van der Waals surface area contributed by atoms with Crippen LogP contribution >= 0.6 is 0 Å². The first-order valence-electron chi connectivity index (χ1n) is 7.17. The molecular formula is C17H16F3N3. The van der Waals surface area contributed by atoms with Crippen LogP contribution in [0.3, 0.4) is 0 Å². The Morgan fingerprint density at radius 1 is 0.957 bits per heavy atom. The van der Waals surface area contributed by atoms with Crippen molar-refractivity contribution in [1.29, 1.82) is 0 Å². The van der Waals surface area contributed by atoms with E-state index in [4.69, 9.17) is 0 Å². The smallest absolute Gasteiger partial charge is 0.283 e. The number of hydrogen-bond donors (Lipinski definition) is 0. The van der Waals surface area contributed by atoms with Gasteiger partial charge in [0, 0.05) is 11.9 Å². The molecule has 0 atom stereocenters. The van der Waals surface area contributed by atoms with Gasteiger partial charge in [0.1, 0.15) is 11.8 Å². The molecule has 0 aliphatic rings. The predicted octanol–water partition coefficient (Wildman–Crippen LogP) is 4.74. The summed E-state index contributed by atoms with van der Waals surface area (Å²) in [5.41, 5.74) is 1.77. The average molecular weight is 319 g/mol. The van der Waals surface area contributed by atoms with Gasteiger partial charge in [-0.2, -0.15) is 13.2 Å². The molecule has 3 rings (SSSR count). The van der Waals surface area contributed by atoms with E-state index in [1.807, 2.05) is 24.3 Å². The molecule has 0 radical (unpaired) electrons. The summed E-state index contributed by atoms with van der Waals surface area (Å²) in [6.07, 6.45) is -2.08. The zero-order valence-electron chi connectivity index (χ0n) is 13.0. The summed E-state index contributed by atoms with van der Waals surface area (Å²) >= 11 is 0. The molecule has 3 aromatic rings. The molecule has 23 heavy (non-hydrogen) atoms. The lowest BCUT2D eigenvalue weighted by molar-refractivity contribution is -0.137. The van der Waals surface area contributed by atoms with Crippen LogP contribution in [0.15, 0.2) is 42.9 Å². The molecule has 6 heteroatoms. The second-order valence-electron chi connectivity index (χ2n) is 6.48. The van der Waals surface area contributed by atoms with Gasteiger partial charge in [0.15, 0.2) is 5.65 Å². The topological polar surface area (TPSA) is 30.7 Å². The van der Waals surface area contributed by atoms with Gasteiger partial charge in [-0.1, -0.05) is 32.9 Å². The van der Waals surface area contributed by atoms with E-state index in [0.29, 0.717) is 5.65 Å². The average Bonchev–Trinajstić information content (AvgIpc) is 2.88. The van der Waals surface area contributed by atoms with Gasteiger partial charge in [0.2, 0.25) is 0 Å². The highest BCUT2D eigenvalue weighted by Crippen LogP contribution is 2.31. The maximum atomic E-state index is 12.8. The number of aromatic nitrogens is 3. The largest absolute Gasteiger partial charge is 0.417 e. The Bertz CT molecular complexity index is 857. The van der Waals surface area contributed by atoms with Crippen molar-refractivity contribution < 1.29 is 13.2 Å². The number of nitrogens with zero attached hydrogens (tertiary/aromatic N) is 3. The van der Waals surface area contributed by atoms with Gasteiger partial charge in [0.25, 0.3) is 0 Å². The number of imidazole rings is 1. The quantitative estimate of drug-likeness (QED) is 0.649. The fourth-order valence-electron chi connectivity index (χ4n) is 2.37. The third-order valence-corrected chi connectivity index (χ3v) is 3.71. The van der Waals surface area contributed by atoms with Crippen molar-refractivity contribution in [1.82, 2.24) is 14.5 Å². The fourth-order valence-corrected chi connectivity index (χ4v) is 2.37. The van der Waals surface area contributed by atoms with E-state index in [9.17, 15) is 13.2 Å². The molecule has 0 spiro atoms. The molecule has 0 aliphatic carbocycles. The minimum Gasteiger partial charge on any atom is -0.283 e. The van der Waals surface area contributed by atoms with Gasteiger partial charge in [-0.15, -0.1) is 0 Å². The Morgan fingerprint density at radius 2 is 1.70 bits per heavy atom. The first-order chi connectivity index (χ1) is 10.7. The number of hydrogen-bond acceptors (Lipinski definition) is 2. The molecule has 0 fully saturated rings. The Hall–Kier alpha value is -2.37. The van der Waals surface area contributed by atoms with Crippen molar-refractivity contribution in [2.24, 2.45) is 0 Å². The highest BCUT2D eigenvalue weighted by atomic mass is 19.4. The summed E-state index contributed by atoms with van der Waals surface area (Å²) in [7, 11) is 0. The molecule has 0 unspecified atom stereocenters. The summed E-state index contributed by atoms with van der Waals surface area (Å²) < 4.78 is 40.0.